The van der Waals surface area contributed by atoms with Gasteiger partial charge in [0.15, 0.2) is 5.82 Å². The number of likely N-dealkylation sites (tertiary alicyclic amines) is 1. The molecular formula is C24H25N7O. The summed E-state index contributed by atoms with van der Waals surface area (Å²) in [5.74, 6) is 2.55. The summed E-state index contributed by atoms with van der Waals surface area (Å²) < 4.78 is 1.68. The molecule has 1 aromatic carbocycles. The zero-order valence-electron chi connectivity index (χ0n) is 18.2. The first-order valence-corrected chi connectivity index (χ1v) is 10.9. The van der Waals surface area contributed by atoms with Crippen molar-refractivity contribution in [1.82, 2.24) is 29.5 Å². The molecule has 162 valence electrons. The smallest absolute Gasteiger partial charge is 0.254 e. The molecule has 32 heavy (non-hydrogen) atoms. The van der Waals surface area contributed by atoms with Gasteiger partial charge in [-0.05, 0) is 56.0 Å². The van der Waals surface area contributed by atoms with Crippen LogP contribution in [0.4, 0.5) is 11.5 Å². The number of carbonyl (C=O) groups is 1. The first-order valence-electron chi connectivity index (χ1n) is 10.9. The van der Waals surface area contributed by atoms with Crippen molar-refractivity contribution in [2.45, 2.75) is 26.7 Å². The van der Waals surface area contributed by atoms with Crippen LogP contribution in [0.1, 0.15) is 35.8 Å². The number of carbonyl (C=O) groups excluding carboxylic acids is 1. The summed E-state index contributed by atoms with van der Waals surface area (Å²) in [6.07, 6.45) is 5.56. The fourth-order valence-corrected chi connectivity index (χ4v) is 3.97. The summed E-state index contributed by atoms with van der Waals surface area (Å²) in [5, 5.41) is 8.02. The summed E-state index contributed by atoms with van der Waals surface area (Å²) in [6.45, 7) is 5.80. The van der Waals surface area contributed by atoms with Crippen LogP contribution in [0.2, 0.25) is 0 Å². The first kappa shape index (κ1) is 20.1. The van der Waals surface area contributed by atoms with Gasteiger partial charge in [0.1, 0.15) is 5.82 Å². The number of amides is 1. The van der Waals surface area contributed by atoms with E-state index in [4.69, 9.17) is 0 Å². The number of piperidine rings is 1. The van der Waals surface area contributed by atoms with Crippen LogP contribution in [-0.2, 0) is 0 Å². The van der Waals surface area contributed by atoms with Crippen molar-refractivity contribution in [2.24, 2.45) is 5.92 Å². The minimum atomic E-state index is 0.0798. The number of aryl methyl sites for hydroxylation is 1. The SMILES string of the molecule is Cc1cc(Nc2cccc(C(=O)N3CCC(C)CC3)c2)n2nc(-c3cccnc3)nc2n1. The van der Waals surface area contributed by atoms with Gasteiger partial charge in [-0.1, -0.05) is 13.0 Å². The Morgan fingerprint density at radius 3 is 2.72 bits per heavy atom. The Labute approximate surface area is 186 Å². The van der Waals surface area contributed by atoms with Gasteiger partial charge in [-0.3, -0.25) is 9.78 Å². The summed E-state index contributed by atoms with van der Waals surface area (Å²) >= 11 is 0. The van der Waals surface area contributed by atoms with Crippen molar-refractivity contribution < 1.29 is 4.79 Å². The van der Waals surface area contributed by atoms with Gasteiger partial charge < -0.3 is 10.2 Å². The van der Waals surface area contributed by atoms with E-state index >= 15 is 0 Å². The highest BCUT2D eigenvalue weighted by Gasteiger charge is 2.21. The molecule has 4 aromatic rings. The molecule has 5 rings (SSSR count). The van der Waals surface area contributed by atoms with Gasteiger partial charge in [-0.25, -0.2) is 4.98 Å². The maximum Gasteiger partial charge on any atom is 0.254 e. The molecule has 0 aliphatic carbocycles. The van der Waals surface area contributed by atoms with Gasteiger partial charge >= 0.3 is 0 Å². The zero-order valence-corrected chi connectivity index (χ0v) is 18.2. The number of hydrogen-bond donors (Lipinski definition) is 1. The van der Waals surface area contributed by atoms with Crippen LogP contribution in [0.5, 0.6) is 0 Å². The fraction of sp³-hybridized carbons (Fsp3) is 0.292. The minimum Gasteiger partial charge on any atom is -0.340 e. The highest BCUT2D eigenvalue weighted by molar-refractivity contribution is 5.95. The molecule has 1 aliphatic heterocycles. The van der Waals surface area contributed by atoms with Crippen LogP contribution in [0.3, 0.4) is 0 Å². The van der Waals surface area contributed by atoms with Crippen molar-refractivity contribution in [3.8, 4) is 11.4 Å². The molecule has 4 heterocycles. The van der Waals surface area contributed by atoms with Crippen molar-refractivity contribution in [3.63, 3.8) is 0 Å². The molecule has 3 aromatic heterocycles. The highest BCUT2D eigenvalue weighted by Crippen LogP contribution is 2.23. The largest absolute Gasteiger partial charge is 0.340 e. The van der Waals surface area contributed by atoms with E-state index in [1.54, 1.807) is 16.9 Å². The van der Waals surface area contributed by atoms with Gasteiger partial charge in [-0.2, -0.15) is 9.50 Å². The van der Waals surface area contributed by atoms with Gasteiger partial charge in [0.2, 0.25) is 0 Å². The molecule has 8 heteroatoms. The molecule has 1 amide bonds. The molecule has 1 N–H and O–H groups in total. The van der Waals surface area contributed by atoms with Crippen LogP contribution < -0.4 is 5.32 Å². The molecule has 0 atom stereocenters. The van der Waals surface area contributed by atoms with Crippen molar-refractivity contribution in [1.29, 1.82) is 0 Å². The zero-order chi connectivity index (χ0) is 22.1. The Hall–Kier alpha value is -3.81. The van der Waals surface area contributed by atoms with E-state index < -0.39 is 0 Å². The Kier molecular flexibility index (Phi) is 5.26. The van der Waals surface area contributed by atoms with E-state index in [9.17, 15) is 4.79 Å². The maximum atomic E-state index is 13.0. The Balaban J connectivity index is 1.44. The fourth-order valence-electron chi connectivity index (χ4n) is 3.97. The molecule has 1 saturated heterocycles. The number of fused-ring (bicyclic) bond motifs is 1. The molecule has 1 fully saturated rings. The lowest BCUT2D eigenvalue weighted by Crippen LogP contribution is -2.37. The quantitative estimate of drug-likeness (QED) is 0.527. The number of anilines is 2. The number of nitrogens with zero attached hydrogens (tertiary/aromatic N) is 6. The average molecular weight is 428 g/mol. The predicted octanol–water partition coefficient (Wildman–Crippen LogP) is 4.11. The third kappa shape index (κ3) is 4.03. The summed E-state index contributed by atoms with van der Waals surface area (Å²) in [7, 11) is 0. The third-order valence-electron chi connectivity index (χ3n) is 5.81. The monoisotopic (exact) mass is 427 g/mol. The van der Waals surface area contributed by atoms with E-state index in [0.717, 1.165) is 48.7 Å². The second-order valence-electron chi connectivity index (χ2n) is 8.35. The lowest BCUT2D eigenvalue weighted by molar-refractivity contribution is 0.0697. The van der Waals surface area contributed by atoms with E-state index in [0.29, 0.717) is 23.1 Å². The molecule has 0 bridgehead atoms. The molecule has 8 nitrogen and oxygen atoms in total. The van der Waals surface area contributed by atoms with Gasteiger partial charge in [0, 0.05) is 54.1 Å². The normalized spacial score (nSPS) is 14.6. The summed E-state index contributed by atoms with van der Waals surface area (Å²) in [6, 6.07) is 13.3. The third-order valence-corrected chi connectivity index (χ3v) is 5.81. The number of hydrogen-bond acceptors (Lipinski definition) is 6. The summed E-state index contributed by atoms with van der Waals surface area (Å²) in [4.78, 5) is 28.2. The standard InChI is InChI=1S/C24H25N7O/c1-16-8-11-30(12-9-16)23(32)18-5-3-7-20(14-18)27-21-13-17(2)26-24-28-22(29-31(21)24)19-6-4-10-25-15-19/h3-7,10,13-16,27H,8-9,11-12H2,1-2H3. The van der Waals surface area contributed by atoms with E-state index in [2.05, 4.69) is 32.3 Å². The molecular weight excluding hydrogens is 402 g/mol. The topological polar surface area (TPSA) is 88.3 Å². The second-order valence-corrected chi connectivity index (χ2v) is 8.35. The van der Waals surface area contributed by atoms with Crippen LogP contribution in [0.15, 0.2) is 54.9 Å². The molecule has 0 spiro atoms. The number of pyridine rings is 1. The van der Waals surface area contributed by atoms with E-state index in [1.807, 2.05) is 54.3 Å². The van der Waals surface area contributed by atoms with Crippen LogP contribution >= 0.6 is 0 Å². The average Bonchev–Trinajstić information content (AvgIpc) is 3.24. The van der Waals surface area contributed by atoms with Gasteiger partial charge in [0.25, 0.3) is 11.7 Å². The predicted molar refractivity (Wildman–Crippen MR) is 123 cm³/mol. The molecule has 0 radical (unpaired) electrons. The van der Waals surface area contributed by atoms with Crippen LogP contribution in [0, 0.1) is 12.8 Å². The van der Waals surface area contributed by atoms with Crippen molar-refractivity contribution >= 4 is 23.2 Å². The van der Waals surface area contributed by atoms with Gasteiger partial charge in [-0.15, -0.1) is 5.10 Å². The Morgan fingerprint density at radius 1 is 1.09 bits per heavy atom. The Bertz CT molecular complexity index is 1260. The lowest BCUT2D eigenvalue weighted by Gasteiger charge is -2.30. The number of benzene rings is 1. The second kappa shape index (κ2) is 8.37. The molecule has 1 aliphatic rings. The van der Waals surface area contributed by atoms with E-state index in [-0.39, 0.29) is 5.91 Å². The Morgan fingerprint density at radius 2 is 1.94 bits per heavy atom. The number of rotatable bonds is 4. The summed E-state index contributed by atoms with van der Waals surface area (Å²) in [5.41, 5.74) is 3.14. The maximum absolute atomic E-state index is 13.0. The minimum absolute atomic E-state index is 0.0798. The van der Waals surface area contributed by atoms with Crippen molar-refractivity contribution in [3.05, 3.63) is 66.1 Å². The number of nitrogens with one attached hydrogen (secondary N) is 1. The van der Waals surface area contributed by atoms with E-state index in [1.165, 1.54) is 0 Å². The van der Waals surface area contributed by atoms with Gasteiger partial charge in [0.05, 0.1) is 0 Å². The molecule has 0 unspecified atom stereocenters. The van der Waals surface area contributed by atoms with Crippen LogP contribution in [-0.4, -0.2) is 48.5 Å². The number of aromatic nitrogens is 5. The first-order chi connectivity index (χ1) is 15.6. The molecule has 0 saturated carbocycles. The van der Waals surface area contributed by atoms with Crippen molar-refractivity contribution in [2.75, 3.05) is 18.4 Å². The van der Waals surface area contributed by atoms with Crippen LogP contribution in [0.25, 0.3) is 17.2 Å². The lowest BCUT2D eigenvalue weighted by atomic mass is 9.98. The highest BCUT2D eigenvalue weighted by atomic mass is 16.2.